The molecule has 0 aliphatic heterocycles. The predicted molar refractivity (Wildman–Crippen MR) is 52.1 cm³/mol. The molecule has 1 saturated carbocycles. The maximum Gasteiger partial charge on any atom is 0.0431 e. The Hall–Kier alpha value is -0.0400. The fourth-order valence-electron chi connectivity index (χ4n) is 2.66. The van der Waals surface area contributed by atoms with Crippen molar-refractivity contribution in [3.63, 3.8) is 0 Å². The summed E-state index contributed by atoms with van der Waals surface area (Å²) in [5.74, 6) is 0.905. The molecule has 1 aliphatic rings. The van der Waals surface area contributed by atoms with Crippen LogP contribution in [0.4, 0.5) is 0 Å². The Kier molecular flexibility index (Phi) is 3.57. The average molecular weight is 170 g/mol. The molecule has 2 unspecified atom stereocenters. The van der Waals surface area contributed by atoms with Crippen molar-refractivity contribution >= 4 is 0 Å². The van der Waals surface area contributed by atoms with Crippen LogP contribution >= 0.6 is 0 Å². The smallest absolute Gasteiger partial charge is 0.0431 e. The van der Waals surface area contributed by atoms with E-state index in [4.69, 9.17) is 5.11 Å². The molecule has 72 valence electrons. The number of hydrogen-bond acceptors (Lipinski definition) is 1. The molecule has 0 heterocycles. The average Bonchev–Trinajstić information content (AvgIpc) is 2.01. The van der Waals surface area contributed by atoms with Gasteiger partial charge in [0.1, 0.15) is 0 Å². The first-order valence-corrected chi connectivity index (χ1v) is 5.27. The van der Waals surface area contributed by atoms with Crippen LogP contribution in [0.1, 0.15) is 52.4 Å². The molecular weight excluding hydrogens is 148 g/mol. The Morgan fingerprint density at radius 3 is 2.83 bits per heavy atom. The Bertz CT molecular complexity index is 133. The zero-order valence-electron chi connectivity index (χ0n) is 8.47. The van der Waals surface area contributed by atoms with Crippen molar-refractivity contribution in [3.8, 4) is 0 Å². The van der Waals surface area contributed by atoms with Crippen LogP contribution in [-0.4, -0.2) is 11.7 Å². The van der Waals surface area contributed by atoms with E-state index in [-0.39, 0.29) is 0 Å². The van der Waals surface area contributed by atoms with Crippen molar-refractivity contribution in [1.82, 2.24) is 0 Å². The lowest BCUT2D eigenvalue weighted by Gasteiger charge is -2.37. The minimum absolute atomic E-state index is 0.365. The summed E-state index contributed by atoms with van der Waals surface area (Å²) in [5, 5.41) is 8.78. The van der Waals surface area contributed by atoms with Gasteiger partial charge in [-0.05, 0) is 37.0 Å². The number of aliphatic hydroxyl groups is 1. The summed E-state index contributed by atoms with van der Waals surface area (Å²) in [6.45, 7) is 5.11. The van der Waals surface area contributed by atoms with Crippen LogP contribution < -0.4 is 0 Å². The molecule has 0 aromatic heterocycles. The molecule has 0 aromatic carbocycles. The van der Waals surface area contributed by atoms with E-state index in [0.717, 1.165) is 12.3 Å². The van der Waals surface area contributed by atoms with Gasteiger partial charge in [-0.25, -0.2) is 0 Å². The predicted octanol–water partition coefficient (Wildman–Crippen LogP) is 2.98. The molecule has 0 saturated heterocycles. The summed E-state index contributed by atoms with van der Waals surface area (Å²) in [7, 11) is 0. The molecule has 12 heavy (non-hydrogen) atoms. The summed E-state index contributed by atoms with van der Waals surface area (Å²) in [4.78, 5) is 0. The monoisotopic (exact) mass is 170 g/mol. The zero-order chi connectivity index (χ0) is 9.03. The van der Waals surface area contributed by atoms with Crippen molar-refractivity contribution in [3.05, 3.63) is 0 Å². The largest absolute Gasteiger partial charge is 0.396 e. The van der Waals surface area contributed by atoms with Crippen molar-refractivity contribution in [2.24, 2.45) is 11.3 Å². The maximum absolute atomic E-state index is 8.78. The molecule has 0 radical (unpaired) electrons. The highest BCUT2D eigenvalue weighted by Crippen LogP contribution is 2.42. The van der Waals surface area contributed by atoms with Gasteiger partial charge in [-0.2, -0.15) is 0 Å². The van der Waals surface area contributed by atoms with E-state index in [1.165, 1.54) is 32.1 Å². The second-order valence-electron chi connectivity index (χ2n) is 4.84. The summed E-state index contributed by atoms with van der Waals surface area (Å²) < 4.78 is 0. The minimum Gasteiger partial charge on any atom is -0.396 e. The molecule has 0 amide bonds. The molecule has 1 nitrogen and oxygen atoms in total. The van der Waals surface area contributed by atoms with Gasteiger partial charge in [0.15, 0.2) is 0 Å². The number of rotatable bonds is 3. The second-order valence-corrected chi connectivity index (χ2v) is 4.84. The molecule has 1 heteroatoms. The van der Waals surface area contributed by atoms with Crippen LogP contribution in [0, 0.1) is 11.3 Å². The van der Waals surface area contributed by atoms with E-state index in [1.54, 1.807) is 0 Å². The van der Waals surface area contributed by atoms with E-state index in [0.29, 0.717) is 12.0 Å². The van der Waals surface area contributed by atoms with E-state index >= 15 is 0 Å². The highest BCUT2D eigenvalue weighted by molar-refractivity contribution is 4.81. The minimum atomic E-state index is 0.365. The van der Waals surface area contributed by atoms with E-state index in [1.807, 2.05) is 0 Å². The van der Waals surface area contributed by atoms with Gasteiger partial charge in [0.05, 0.1) is 0 Å². The van der Waals surface area contributed by atoms with E-state index in [2.05, 4.69) is 13.8 Å². The first-order chi connectivity index (χ1) is 5.66. The van der Waals surface area contributed by atoms with Gasteiger partial charge < -0.3 is 5.11 Å². The highest BCUT2D eigenvalue weighted by atomic mass is 16.2. The van der Waals surface area contributed by atoms with Gasteiger partial charge in [0, 0.05) is 6.61 Å². The SMILES string of the molecule is CC1CCCC(C)(CCCO)C1. The van der Waals surface area contributed by atoms with Crippen LogP contribution in [0.25, 0.3) is 0 Å². The molecular formula is C11H22O. The van der Waals surface area contributed by atoms with Crippen LogP contribution in [0.5, 0.6) is 0 Å². The molecule has 1 N–H and O–H groups in total. The normalized spacial score (nSPS) is 36.8. The van der Waals surface area contributed by atoms with Crippen LogP contribution in [0.2, 0.25) is 0 Å². The third kappa shape index (κ3) is 2.78. The third-order valence-electron chi connectivity index (χ3n) is 3.26. The zero-order valence-corrected chi connectivity index (χ0v) is 8.47. The summed E-state index contributed by atoms with van der Waals surface area (Å²) in [5.41, 5.74) is 0.542. The lowest BCUT2D eigenvalue weighted by molar-refractivity contribution is 0.139. The highest BCUT2D eigenvalue weighted by Gasteiger charge is 2.29. The molecule has 1 aliphatic carbocycles. The number of hydrogen-bond donors (Lipinski definition) is 1. The fourth-order valence-corrected chi connectivity index (χ4v) is 2.66. The van der Waals surface area contributed by atoms with Gasteiger partial charge in [-0.15, -0.1) is 0 Å². The van der Waals surface area contributed by atoms with Crippen molar-refractivity contribution in [1.29, 1.82) is 0 Å². The van der Waals surface area contributed by atoms with Crippen LogP contribution in [0.3, 0.4) is 0 Å². The summed E-state index contributed by atoms with van der Waals surface area (Å²) in [6, 6.07) is 0. The maximum atomic E-state index is 8.78. The van der Waals surface area contributed by atoms with Crippen LogP contribution in [-0.2, 0) is 0 Å². The first-order valence-electron chi connectivity index (χ1n) is 5.27. The molecule has 2 atom stereocenters. The van der Waals surface area contributed by atoms with Crippen molar-refractivity contribution < 1.29 is 5.11 Å². The standard InChI is InChI=1S/C11H22O/c1-10-5-3-6-11(2,9-10)7-4-8-12/h10,12H,3-9H2,1-2H3. The van der Waals surface area contributed by atoms with Crippen LogP contribution in [0.15, 0.2) is 0 Å². The van der Waals surface area contributed by atoms with Gasteiger partial charge in [0.25, 0.3) is 0 Å². The number of aliphatic hydroxyl groups excluding tert-OH is 1. The van der Waals surface area contributed by atoms with E-state index < -0.39 is 0 Å². The van der Waals surface area contributed by atoms with Crippen molar-refractivity contribution in [2.45, 2.75) is 52.4 Å². The summed E-state index contributed by atoms with van der Waals surface area (Å²) in [6.07, 6.45) is 7.75. The lowest BCUT2D eigenvalue weighted by atomic mass is 9.69. The van der Waals surface area contributed by atoms with Gasteiger partial charge in [0.2, 0.25) is 0 Å². The van der Waals surface area contributed by atoms with Crippen molar-refractivity contribution in [2.75, 3.05) is 6.61 Å². The molecule has 0 spiro atoms. The Morgan fingerprint density at radius 1 is 1.50 bits per heavy atom. The topological polar surface area (TPSA) is 20.2 Å². The third-order valence-corrected chi connectivity index (χ3v) is 3.26. The molecule has 1 rings (SSSR count). The fraction of sp³-hybridized carbons (Fsp3) is 1.00. The first kappa shape index (κ1) is 10.0. The Balaban J connectivity index is 2.35. The quantitative estimate of drug-likeness (QED) is 0.690. The van der Waals surface area contributed by atoms with Gasteiger partial charge in [-0.3, -0.25) is 0 Å². The molecule has 0 bridgehead atoms. The molecule has 1 fully saturated rings. The Labute approximate surface area is 76.2 Å². The Morgan fingerprint density at radius 2 is 2.25 bits per heavy atom. The lowest BCUT2D eigenvalue weighted by Crippen LogP contribution is -2.24. The summed E-state index contributed by atoms with van der Waals surface area (Å²) >= 11 is 0. The van der Waals surface area contributed by atoms with Gasteiger partial charge >= 0.3 is 0 Å². The molecule has 0 aromatic rings. The van der Waals surface area contributed by atoms with E-state index in [9.17, 15) is 0 Å². The second kappa shape index (κ2) is 4.27. The van der Waals surface area contributed by atoms with Gasteiger partial charge in [-0.1, -0.05) is 26.7 Å².